The number of benzene rings is 4. The molecule has 0 radical (unpaired) electrons. The van der Waals surface area contributed by atoms with Gasteiger partial charge >= 0.3 is 22.8 Å². The van der Waals surface area contributed by atoms with Crippen molar-refractivity contribution in [2.45, 2.75) is 56.6 Å². The van der Waals surface area contributed by atoms with Gasteiger partial charge in [0.2, 0.25) is 0 Å². The van der Waals surface area contributed by atoms with Crippen LogP contribution in [-0.4, -0.2) is 48.3 Å². The van der Waals surface area contributed by atoms with Crippen molar-refractivity contribution in [1.29, 1.82) is 0 Å². The molecule has 4 aromatic carbocycles. The van der Waals surface area contributed by atoms with Crippen LogP contribution in [-0.2, 0) is 25.5 Å². The van der Waals surface area contributed by atoms with Crippen LogP contribution in [0.3, 0.4) is 0 Å². The molecule has 0 fully saturated rings. The van der Waals surface area contributed by atoms with Crippen molar-refractivity contribution in [1.82, 2.24) is 28.7 Å². The van der Waals surface area contributed by atoms with Crippen LogP contribution in [0, 0.1) is 20.8 Å². The lowest BCUT2D eigenvalue weighted by atomic mass is 10.1. The average Bonchev–Trinajstić information content (AvgIpc) is 3.18. The number of nitrogens with one attached hydrogen (secondary N) is 1. The van der Waals surface area contributed by atoms with Crippen molar-refractivity contribution in [2.24, 2.45) is 0 Å². The number of thioether (sulfide) groups is 2. The van der Waals surface area contributed by atoms with Crippen molar-refractivity contribution in [3.63, 3.8) is 0 Å². The zero-order chi connectivity index (χ0) is 39.2. The highest BCUT2D eigenvalue weighted by atomic mass is 35.5. The summed E-state index contributed by atoms with van der Waals surface area (Å²) in [5.74, 6) is 1.43. The molecule has 2 aromatic heterocycles. The van der Waals surface area contributed by atoms with E-state index in [-0.39, 0.29) is 18.8 Å². The molecule has 0 saturated heterocycles. The Bertz CT molecular complexity index is 2300. The van der Waals surface area contributed by atoms with Crippen LogP contribution < -0.4 is 27.5 Å². The van der Waals surface area contributed by atoms with Crippen LogP contribution >= 0.6 is 35.1 Å². The quantitative estimate of drug-likeness (QED) is 0.126. The summed E-state index contributed by atoms with van der Waals surface area (Å²) in [4.78, 5) is 59.3. The summed E-state index contributed by atoms with van der Waals surface area (Å²) >= 11 is 8.12. The van der Waals surface area contributed by atoms with E-state index in [0.29, 0.717) is 22.7 Å². The van der Waals surface area contributed by atoms with E-state index in [1.165, 1.54) is 28.1 Å². The summed E-state index contributed by atoms with van der Waals surface area (Å²) in [6.07, 6.45) is 3.57. The van der Waals surface area contributed by atoms with Crippen LogP contribution in [0.1, 0.15) is 38.9 Å². The molecule has 2 heterocycles. The van der Waals surface area contributed by atoms with Gasteiger partial charge in [-0.2, -0.15) is 9.97 Å². The molecule has 0 spiro atoms. The Morgan fingerprint density at radius 3 is 1.43 bits per heavy atom. The zero-order valence-electron chi connectivity index (χ0n) is 31.0. The van der Waals surface area contributed by atoms with Gasteiger partial charge in [-0.05, 0) is 67.7 Å². The Balaban J connectivity index is 0.000000200. The number of aryl methyl sites for hydroxylation is 3. The Kier molecular flexibility index (Phi) is 15.7. The minimum Gasteiger partial charge on any atom is -0.497 e. The molecule has 54 heavy (non-hydrogen) atoms. The molecular weight excluding hydrogens is 744 g/mol. The van der Waals surface area contributed by atoms with E-state index in [4.69, 9.17) is 16.3 Å². The van der Waals surface area contributed by atoms with Crippen LogP contribution in [0.5, 0.6) is 5.75 Å². The van der Waals surface area contributed by atoms with Gasteiger partial charge in [-0.25, -0.2) is 28.3 Å². The predicted molar refractivity (Wildman–Crippen MR) is 219 cm³/mol. The zero-order valence-corrected chi connectivity index (χ0v) is 33.4. The number of nitrogens with zero attached hydrogens (tertiary/aromatic N) is 5. The molecule has 14 heteroatoms. The van der Waals surface area contributed by atoms with Gasteiger partial charge in [-0.1, -0.05) is 125 Å². The maximum atomic E-state index is 13.0. The number of hydrogen-bond donors (Lipinski definition) is 1. The van der Waals surface area contributed by atoms with Crippen molar-refractivity contribution in [3.05, 3.63) is 178 Å². The van der Waals surface area contributed by atoms with Crippen molar-refractivity contribution >= 4 is 35.1 Å². The first-order valence-electron chi connectivity index (χ1n) is 16.8. The molecular formula is C40H43ClN6O5S2. The third-order valence-electron chi connectivity index (χ3n) is 8.08. The van der Waals surface area contributed by atoms with Crippen LogP contribution in [0.25, 0.3) is 0 Å². The highest BCUT2D eigenvalue weighted by Crippen LogP contribution is 2.13. The fourth-order valence-electron chi connectivity index (χ4n) is 4.94. The number of aromatic amines is 1. The normalized spacial score (nSPS) is 10.5. The molecule has 0 aliphatic rings. The molecule has 0 unspecified atom stereocenters. The molecule has 0 amide bonds. The molecule has 0 bridgehead atoms. The number of H-pyrrole nitrogens is 1. The maximum Gasteiger partial charge on any atom is 0.354 e. The van der Waals surface area contributed by atoms with E-state index in [1.54, 1.807) is 17.9 Å². The first-order valence-corrected chi connectivity index (χ1v) is 19.8. The molecule has 0 atom stereocenters. The highest BCUT2D eigenvalue weighted by molar-refractivity contribution is 7.98. The van der Waals surface area contributed by atoms with Gasteiger partial charge in [0.05, 0.1) is 26.7 Å². The van der Waals surface area contributed by atoms with Crippen LogP contribution in [0.15, 0.2) is 127 Å². The topological polar surface area (TPSA) is 134 Å². The fraction of sp³-hybridized carbons (Fsp3) is 0.250. The third kappa shape index (κ3) is 12.0. The Labute approximate surface area is 327 Å². The summed E-state index contributed by atoms with van der Waals surface area (Å²) in [7, 11) is 1.65. The number of methoxy groups -OCH3 is 1. The molecule has 6 aromatic rings. The van der Waals surface area contributed by atoms with Gasteiger partial charge in [-0.15, -0.1) is 11.6 Å². The summed E-state index contributed by atoms with van der Waals surface area (Å²) in [6, 6.07) is 31.1. The second-order valence-corrected chi connectivity index (χ2v) is 14.0. The molecule has 11 nitrogen and oxygen atoms in total. The molecule has 0 aliphatic heterocycles. The summed E-state index contributed by atoms with van der Waals surface area (Å²) in [5.41, 5.74) is 5.53. The van der Waals surface area contributed by atoms with Crippen LogP contribution in [0.4, 0.5) is 0 Å². The minimum atomic E-state index is -0.524. The van der Waals surface area contributed by atoms with Gasteiger partial charge in [-0.3, -0.25) is 9.55 Å². The monoisotopic (exact) mass is 786 g/mol. The lowest BCUT2D eigenvalue weighted by molar-refractivity contribution is 0.414. The smallest absolute Gasteiger partial charge is 0.354 e. The Hall–Kier alpha value is -5.11. The molecule has 0 saturated carbocycles. The second-order valence-electron chi connectivity index (χ2n) is 12.2. The number of aromatic nitrogens is 6. The number of halogens is 1. The molecule has 6 rings (SSSR count). The Morgan fingerprint density at radius 2 is 1.02 bits per heavy atom. The van der Waals surface area contributed by atoms with E-state index in [0.717, 1.165) is 49.3 Å². The minimum absolute atomic E-state index is 0.216. The van der Waals surface area contributed by atoms with Crippen molar-refractivity contribution in [3.8, 4) is 5.75 Å². The number of alkyl halides is 1. The van der Waals surface area contributed by atoms with Crippen LogP contribution in [0.2, 0.25) is 0 Å². The highest BCUT2D eigenvalue weighted by Gasteiger charge is 2.14. The van der Waals surface area contributed by atoms with E-state index in [9.17, 15) is 19.2 Å². The lowest BCUT2D eigenvalue weighted by Crippen LogP contribution is -2.42. The van der Waals surface area contributed by atoms with Gasteiger partial charge in [0, 0.05) is 5.88 Å². The number of hydrogen-bond acceptors (Lipinski definition) is 9. The van der Waals surface area contributed by atoms with E-state index in [2.05, 4.69) is 15.0 Å². The standard InChI is InChI=1S/C20H21N3O2S.C12H13N3O2S.C8H9ClO/c1-14-4-8-16(9-5-14)12-22-18(24)21-19(26-3)23(20(22)25)13-17-10-6-15(2)7-11-17;1-8-3-5-9(6-4-8)7-15-11(16)13-10(18-2)14-12(15)17;1-10-8-4-2-7(6-9)3-5-8/h4-11H,12-13H2,1-3H3;3-6H,7H2,1-2H3,(H,13,14,16,17);2-5H,6H2,1H3. The average molecular weight is 787 g/mol. The molecule has 0 aliphatic carbocycles. The van der Waals surface area contributed by atoms with Crippen molar-refractivity contribution < 1.29 is 4.74 Å². The van der Waals surface area contributed by atoms with Gasteiger partial charge in [0.15, 0.2) is 10.3 Å². The third-order valence-corrected chi connectivity index (χ3v) is 9.64. The first kappa shape index (κ1) is 41.6. The fourth-order valence-corrected chi connectivity index (χ4v) is 6.01. The number of rotatable bonds is 10. The van der Waals surface area contributed by atoms with E-state index < -0.39 is 17.1 Å². The number of ether oxygens (including phenoxy) is 1. The van der Waals surface area contributed by atoms with E-state index >= 15 is 0 Å². The van der Waals surface area contributed by atoms with Gasteiger partial charge < -0.3 is 4.74 Å². The lowest BCUT2D eigenvalue weighted by Gasteiger charge is -2.13. The van der Waals surface area contributed by atoms with Gasteiger partial charge in [0.1, 0.15) is 5.75 Å². The van der Waals surface area contributed by atoms with E-state index in [1.807, 2.05) is 124 Å². The SMILES string of the molecule is COc1ccc(CCl)cc1.CSc1nc(=O)n(Cc2ccc(C)cc2)c(=O)[nH]1.CSc1nc(=O)n(Cc2ccc(C)cc2)c(=O)n1Cc1ccc(C)cc1. The largest absolute Gasteiger partial charge is 0.497 e. The summed E-state index contributed by atoms with van der Waals surface area (Å²) < 4.78 is 8.81. The van der Waals surface area contributed by atoms with Crippen molar-refractivity contribution in [2.75, 3.05) is 19.6 Å². The summed E-state index contributed by atoms with van der Waals surface area (Å²) in [6.45, 7) is 6.84. The molecule has 1 N–H and O–H groups in total. The predicted octanol–water partition coefficient (Wildman–Crippen LogP) is 6.28. The molecule has 282 valence electrons. The maximum absolute atomic E-state index is 13.0. The first-order chi connectivity index (χ1) is 25.9. The summed E-state index contributed by atoms with van der Waals surface area (Å²) in [5, 5.41) is 0.769. The van der Waals surface area contributed by atoms with Gasteiger partial charge in [0.25, 0.3) is 0 Å². The Morgan fingerprint density at radius 1 is 0.593 bits per heavy atom. The second kappa shape index (κ2) is 20.4.